The predicted octanol–water partition coefficient (Wildman–Crippen LogP) is 4.30. The fraction of sp³-hybridized carbons (Fsp3) is 0.150. The number of benzene rings is 2. The quantitative estimate of drug-likeness (QED) is 0.539. The SMILES string of the molecule is CC(=NNC(=O)c1cc(C)nc2ccccc12)c1ccc(OC(F)F)cc1. The summed E-state index contributed by atoms with van der Waals surface area (Å²) >= 11 is 0. The number of nitrogens with one attached hydrogen (secondary N) is 1. The molecular weight excluding hydrogens is 352 g/mol. The number of hydrogen-bond acceptors (Lipinski definition) is 4. The van der Waals surface area contributed by atoms with Crippen LogP contribution in [0.1, 0.15) is 28.5 Å². The molecule has 27 heavy (non-hydrogen) atoms. The number of hydrogen-bond donors (Lipinski definition) is 1. The Morgan fingerprint density at radius 2 is 1.85 bits per heavy atom. The molecule has 2 aromatic carbocycles. The van der Waals surface area contributed by atoms with Crippen molar-refractivity contribution in [3.63, 3.8) is 0 Å². The summed E-state index contributed by atoms with van der Waals surface area (Å²) in [5.74, 6) is -0.294. The second-order valence-electron chi connectivity index (χ2n) is 5.87. The van der Waals surface area contributed by atoms with Gasteiger partial charge in [0.05, 0.1) is 16.8 Å². The van der Waals surface area contributed by atoms with E-state index in [1.165, 1.54) is 12.1 Å². The topological polar surface area (TPSA) is 63.6 Å². The largest absolute Gasteiger partial charge is 0.435 e. The number of carbonyl (C=O) groups is 1. The van der Waals surface area contributed by atoms with Gasteiger partial charge in [0.1, 0.15) is 5.75 Å². The third kappa shape index (κ3) is 4.44. The Balaban J connectivity index is 1.78. The number of ether oxygens (including phenoxy) is 1. The lowest BCUT2D eigenvalue weighted by Gasteiger charge is -2.08. The van der Waals surface area contributed by atoms with E-state index >= 15 is 0 Å². The van der Waals surface area contributed by atoms with E-state index in [0.717, 1.165) is 16.6 Å². The highest BCUT2D eigenvalue weighted by Gasteiger charge is 2.11. The normalized spacial score (nSPS) is 11.7. The summed E-state index contributed by atoms with van der Waals surface area (Å²) in [4.78, 5) is 17.0. The third-order valence-electron chi connectivity index (χ3n) is 3.91. The molecule has 3 rings (SSSR count). The molecule has 1 aromatic heterocycles. The number of halogens is 2. The van der Waals surface area contributed by atoms with E-state index in [4.69, 9.17) is 0 Å². The van der Waals surface area contributed by atoms with Crippen molar-refractivity contribution in [2.24, 2.45) is 5.10 Å². The van der Waals surface area contributed by atoms with Gasteiger partial charge in [-0.05, 0) is 55.8 Å². The first-order chi connectivity index (χ1) is 12.9. The number of nitrogens with zero attached hydrogens (tertiary/aromatic N) is 2. The number of fused-ring (bicyclic) bond motifs is 1. The van der Waals surface area contributed by atoms with Crippen LogP contribution in [0.25, 0.3) is 10.9 Å². The molecule has 0 aliphatic heterocycles. The van der Waals surface area contributed by atoms with Crippen molar-refractivity contribution >= 4 is 22.5 Å². The van der Waals surface area contributed by atoms with Crippen molar-refractivity contribution in [1.82, 2.24) is 10.4 Å². The molecule has 1 amide bonds. The Hall–Kier alpha value is -3.35. The minimum absolute atomic E-state index is 0.0596. The highest BCUT2D eigenvalue weighted by Crippen LogP contribution is 2.18. The predicted molar refractivity (Wildman–Crippen MR) is 99.2 cm³/mol. The molecule has 5 nitrogen and oxygen atoms in total. The van der Waals surface area contributed by atoms with Gasteiger partial charge in [-0.2, -0.15) is 13.9 Å². The van der Waals surface area contributed by atoms with Crippen molar-refractivity contribution in [3.05, 3.63) is 71.4 Å². The second kappa shape index (κ2) is 7.90. The Labute approximate surface area is 154 Å². The van der Waals surface area contributed by atoms with Gasteiger partial charge in [-0.3, -0.25) is 9.78 Å². The van der Waals surface area contributed by atoms with E-state index in [-0.39, 0.29) is 11.7 Å². The number of aryl methyl sites for hydroxylation is 1. The molecule has 0 saturated carbocycles. The molecule has 0 unspecified atom stereocenters. The molecule has 0 saturated heterocycles. The molecule has 0 fully saturated rings. The molecule has 0 atom stereocenters. The Morgan fingerprint density at radius 3 is 2.56 bits per heavy atom. The van der Waals surface area contributed by atoms with Gasteiger partial charge in [-0.15, -0.1) is 0 Å². The average molecular weight is 369 g/mol. The van der Waals surface area contributed by atoms with Crippen molar-refractivity contribution < 1.29 is 18.3 Å². The summed E-state index contributed by atoms with van der Waals surface area (Å²) in [6, 6.07) is 15.1. The minimum atomic E-state index is -2.87. The van der Waals surface area contributed by atoms with Gasteiger partial charge in [0.25, 0.3) is 5.91 Å². The standard InChI is InChI=1S/C20H17F2N3O2/c1-12-11-17(16-5-3-4-6-18(16)23-12)19(26)25-24-13(2)14-7-9-15(10-8-14)27-20(21)22/h3-11,20H,1-2H3,(H,25,26). The third-order valence-corrected chi connectivity index (χ3v) is 3.91. The van der Waals surface area contributed by atoms with Gasteiger partial charge < -0.3 is 4.74 Å². The average Bonchev–Trinajstić information content (AvgIpc) is 2.65. The highest BCUT2D eigenvalue weighted by atomic mass is 19.3. The molecule has 3 aromatic rings. The molecule has 1 N–H and O–H groups in total. The van der Waals surface area contributed by atoms with Gasteiger partial charge >= 0.3 is 6.61 Å². The van der Waals surface area contributed by atoms with Crippen LogP contribution in [0.4, 0.5) is 8.78 Å². The first kappa shape index (κ1) is 18.4. The number of alkyl halides is 2. The van der Waals surface area contributed by atoms with Crippen molar-refractivity contribution in [2.75, 3.05) is 0 Å². The Bertz CT molecular complexity index is 1000. The number of amides is 1. The lowest BCUT2D eigenvalue weighted by Crippen LogP contribution is -2.20. The van der Waals surface area contributed by atoms with Crippen LogP contribution in [-0.2, 0) is 0 Å². The van der Waals surface area contributed by atoms with Crippen LogP contribution in [0.3, 0.4) is 0 Å². The number of aromatic nitrogens is 1. The lowest BCUT2D eigenvalue weighted by molar-refractivity contribution is -0.0498. The molecule has 7 heteroatoms. The van der Waals surface area contributed by atoms with E-state index in [1.807, 2.05) is 31.2 Å². The highest BCUT2D eigenvalue weighted by molar-refractivity contribution is 6.07. The monoisotopic (exact) mass is 369 g/mol. The first-order valence-corrected chi connectivity index (χ1v) is 8.20. The Morgan fingerprint density at radius 1 is 1.15 bits per heavy atom. The van der Waals surface area contributed by atoms with Crippen molar-refractivity contribution in [1.29, 1.82) is 0 Å². The number of pyridine rings is 1. The maximum Gasteiger partial charge on any atom is 0.387 e. The zero-order valence-electron chi connectivity index (χ0n) is 14.7. The fourth-order valence-electron chi connectivity index (χ4n) is 2.63. The van der Waals surface area contributed by atoms with E-state index in [2.05, 4.69) is 20.2 Å². The number of para-hydroxylation sites is 1. The maximum absolute atomic E-state index is 12.6. The van der Waals surface area contributed by atoms with Gasteiger partial charge in [0.2, 0.25) is 0 Å². The summed E-state index contributed by atoms with van der Waals surface area (Å²) in [6.45, 7) is 0.656. The molecule has 138 valence electrons. The molecular formula is C20H17F2N3O2. The van der Waals surface area contributed by atoms with E-state index < -0.39 is 6.61 Å². The zero-order chi connectivity index (χ0) is 19.4. The zero-order valence-corrected chi connectivity index (χ0v) is 14.7. The van der Waals surface area contributed by atoms with Crippen LogP contribution < -0.4 is 10.2 Å². The number of rotatable bonds is 5. The summed E-state index contributed by atoms with van der Waals surface area (Å²) < 4.78 is 28.7. The maximum atomic E-state index is 12.6. The van der Waals surface area contributed by atoms with Gasteiger partial charge in [-0.25, -0.2) is 5.43 Å². The summed E-state index contributed by atoms with van der Waals surface area (Å²) in [7, 11) is 0. The molecule has 0 spiro atoms. The van der Waals surface area contributed by atoms with Crippen LogP contribution >= 0.6 is 0 Å². The second-order valence-corrected chi connectivity index (χ2v) is 5.87. The minimum Gasteiger partial charge on any atom is -0.435 e. The molecule has 0 aliphatic carbocycles. The molecule has 0 radical (unpaired) electrons. The van der Waals surface area contributed by atoms with Crippen LogP contribution in [0.15, 0.2) is 59.7 Å². The van der Waals surface area contributed by atoms with E-state index in [9.17, 15) is 13.6 Å². The first-order valence-electron chi connectivity index (χ1n) is 8.20. The summed E-state index contributed by atoms with van der Waals surface area (Å²) in [5.41, 5.74) is 5.68. The van der Waals surface area contributed by atoms with Gasteiger partial charge in [0.15, 0.2) is 0 Å². The van der Waals surface area contributed by atoms with E-state index in [0.29, 0.717) is 16.8 Å². The fourth-order valence-corrected chi connectivity index (χ4v) is 2.63. The number of hydrazone groups is 1. The smallest absolute Gasteiger partial charge is 0.387 e. The Kier molecular flexibility index (Phi) is 5.40. The van der Waals surface area contributed by atoms with Gasteiger partial charge in [-0.1, -0.05) is 18.2 Å². The van der Waals surface area contributed by atoms with Crippen LogP contribution in [0, 0.1) is 6.92 Å². The van der Waals surface area contributed by atoms with Crippen LogP contribution in [0.5, 0.6) is 5.75 Å². The molecule has 0 bridgehead atoms. The number of carbonyl (C=O) groups excluding carboxylic acids is 1. The molecule has 1 heterocycles. The summed E-state index contributed by atoms with van der Waals surface area (Å²) in [6.07, 6.45) is 0. The molecule has 0 aliphatic rings. The van der Waals surface area contributed by atoms with E-state index in [1.54, 1.807) is 25.1 Å². The lowest BCUT2D eigenvalue weighted by atomic mass is 10.1. The van der Waals surface area contributed by atoms with Crippen molar-refractivity contribution in [3.8, 4) is 5.75 Å². The van der Waals surface area contributed by atoms with Gasteiger partial charge in [0, 0.05) is 11.1 Å². The van der Waals surface area contributed by atoms with Crippen molar-refractivity contribution in [2.45, 2.75) is 20.5 Å². The van der Waals surface area contributed by atoms with Crippen LogP contribution in [0.2, 0.25) is 0 Å². The van der Waals surface area contributed by atoms with Crippen LogP contribution in [-0.4, -0.2) is 23.2 Å². The summed E-state index contributed by atoms with van der Waals surface area (Å²) in [5, 5.41) is 4.84.